The Kier molecular flexibility index (Phi) is 3.71. The van der Waals surface area contributed by atoms with Crippen LogP contribution in [0.3, 0.4) is 0 Å². The van der Waals surface area contributed by atoms with Gasteiger partial charge in [-0.15, -0.1) is 0 Å². The van der Waals surface area contributed by atoms with Crippen LogP contribution >= 0.6 is 0 Å². The molecule has 4 heteroatoms. The lowest BCUT2D eigenvalue weighted by molar-refractivity contribution is 0.0600. The monoisotopic (exact) mass is 258 g/mol. The molecule has 0 unspecified atom stereocenters. The molecule has 19 heavy (non-hydrogen) atoms. The van der Waals surface area contributed by atoms with Crippen molar-refractivity contribution in [1.29, 1.82) is 0 Å². The molecule has 0 aliphatic rings. The molecule has 1 N–H and O–H groups in total. The molecule has 0 heterocycles. The Morgan fingerprint density at radius 2 is 1.74 bits per heavy atom. The summed E-state index contributed by atoms with van der Waals surface area (Å²) in [5.74, 6) is 0.373. The minimum atomic E-state index is -0.407. The van der Waals surface area contributed by atoms with Gasteiger partial charge < -0.3 is 14.6 Å². The van der Waals surface area contributed by atoms with E-state index in [2.05, 4.69) is 4.74 Å². The molecule has 2 aromatic carbocycles. The number of phenolic OH excluding ortho intramolecular Hbond substituents is 1. The van der Waals surface area contributed by atoms with E-state index >= 15 is 0 Å². The van der Waals surface area contributed by atoms with Gasteiger partial charge in [-0.3, -0.25) is 0 Å². The summed E-state index contributed by atoms with van der Waals surface area (Å²) in [5.41, 5.74) is 2.17. The van der Waals surface area contributed by atoms with Crippen LogP contribution in [0, 0.1) is 0 Å². The highest BCUT2D eigenvalue weighted by atomic mass is 16.5. The number of carbonyl (C=O) groups excluding carboxylic acids is 1. The summed E-state index contributed by atoms with van der Waals surface area (Å²) in [6, 6.07) is 11.9. The highest BCUT2D eigenvalue weighted by molar-refractivity contribution is 5.91. The molecule has 0 aromatic heterocycles. The fourth-order valence-electron chi connectivity index (χ4n) is 1.82. The van der Waals surface area contributed by atoms with Gasteiger partial charge in [-0.05, 0) is 35.9 Å². The molecule has 0 fully saturated rings. The molecule has 2 rings (SSSR count). The fourth-order valence-corrected chi connectivity index (χ4v) is 1.82. The van der Waals surface area contributed by atoms with Gasteiger partial charge in [0.1, 0.15) is 11.5 Å². The molecule has 98 valence electrons. The third-order valence-electron chi connectivity index (χ3n) is 2.80. The zero-order valence-electron chi connectivity index (χ0n) is 10.7. The number of aromatic hydroxyl groups is 1. The number of hydrogen-bond donors (Lipinski definition) is 1. The Bertz CT molecular complexity index is 588. The number of carbonyl (C=O) groups is 1. The first-order chi connectivity index (χ1) is 9.15. The third-order valence-corrected chi connectivity index (χ3v) is 2.80. The van der Waals surface area contributed by atoms with Gasteiger partial charge in [0, 0.05) is 5.56 Å². The molecule has 0 aliphatic carbocycles. The molecule has 2 aromatic rings. The zero-order valence-corrected chi connectivity index (χ0v) is 10.7. The summed E-state index contributed by atoms with van der Waals surface area (Å²) in [4.78, 5) is 11.5. The van der Waals surface area contributed by atoms with Gasteiger partial charge in [-0.2, -0.15) is 0 Å². The molecule has 0 saturated carbocycles. The van der Waals surface area contributed by atoms with Crippen LogP contribution in [-0.2, 0) is 4.74 Å². The Hall–Kier alpha value is -2.49. The maximum absolute atomic E-state index is 11.5. The van der Waals surface area contributed by atoms with Crippen molar-refractivity contribution in [1.82, 2.24) is 0 Å². The van der Waals surface area contributed by atoms with Gasteiger partial charge in [0.05, 0.1) is 19.8 Å². The summed E-state index contributed by atoms with van der Waals surface area (Å²) >= 11 is 0. The summed E-state index contributed by atoms with van der Waals surface area (Å²) in [7, 11) is 2.88. The van der Waals surface area contributed by atoms with E-state index in [-0.39, 0.29) is 5.75 Å². The highest BCUT2D eigenvalue weighted by Crippen LogP contribution is 2.31. The lowest BCUT2D eigenvalue weighted by Gasteiger charge is -2.10. The number of methoxy groups -OCH3 is 2. The number of rotatable bonds is 3. The van der Waals surface area contributed by atoms with E-state index < -0.39 is 5.97 Å². The van der Waals surface area contributed by atoms with Crippen LogP contribution in [0.4, 0.5) is 0 Å². The summed E-state index contributed by atoms with van der Waals surface area (Å²) in [6.45, 7) is 0. The van der Waals surface area contributed by atoms with Crippen LogP contribution in [0.5, 0.6) is 11.5 Å². The minimum absolute atomic E-state index is 0.203. The summed E-state index contributed by atoms with van der Waals surface area (Å²) in [6.07, 6.45) is 0. The standard InChI is InChI=1S/C15H14O4/c1-18-14-9-11(15(17)19-2)5-8-13(14)10-3-6-12(16)7-4-10/h3-9,16H,1-2H3. The molecule has 4 nitrogen and oxygen atoms in total. The molecule has 0 radical (unpaired) electrons. The first-order valence-electron chi connectivity index (χ1n) is 5.71. The van der Waals surface area contributed by atoms with E-state index in [1.54, 1.807) is 49.6 Å². The SMILES string of the molecule is COC(=O)c1ccc(-c2ccc(O)cc2)c(OC)c1. The Balaban J connectivity index is 2.46. The van der Waals surface area contributed by atoms with Crippen LogP contribution in [0.1, 0.15) is 10.4 Å². The van der Waals surface area contributed by atoms with Crippen LogP contribution < -0.4 is 4.74 Å². The Morgan fingerprint density at radius 1 is 1.05 bits per heavy atom. The van der Waals surface area contributed by atoms with E-state index in [0.717, 1.165) is 11.1 Å². The highest BCUT2D eigenvalue weighted by Gasteiger charge is 2.11. The van der Waals surface area contributed by atoms with Gasteiger partial charge in [0.25, 0.3) is 0 Å². The van der Waals surface area contributed by atoms with Crippen LogP contribution in [0.25, 0.3) is 11.1 Å². The van der Waals surface area contributed by atoms with Gasteiger partial charge in [-0.25, -0.2) is 4.79 Å². The lowest BCUT2D eigenvalue weighted by Crippen LogP contribution is -2.01. The second-order valence-electron chi connectivity index (χ2n) is 3.95. The molecular weight excluding hydrogens is 244 g/mol. The number of esters is 1. The fraction of sp³-hybridized carbons (Fsp3) is 0.133. The quantitative estimate of drug-likeness (QED) is 0.860. The van der Waals surface area contributed by atoms with E-state index in [0.29, 0.717) is 11.3 Å². The van der Waals surface area contributed by atoms with E-state index in [1.165, 1.54) is 7.11 Å². The normalized spacial score (nSPS) is 10.0. The van der Waals surface area contributed by atoms with Crippen molar-refractivity contribution in [2.45, 2.75) is 0 Å². The molecular formula is C15H14O4. The van der Waals surface area contributed by atoms with Gasteiger partial charge in [0.15, 0.2) is 0 Å². The molecule has 0 bridgehead atoms. The van der Waals surface area contributed by atoms with Crippen molar-refractivity contribution >= 4 is 5.97 Å². The second kappa shape index (κ2) is 5.44. The second-order valence-corrected chi connectivity index (χ2v) is 3.95. The Morgan fingerprint density at radius 3 is 2.32 bits per heavy atom. The average Bonchev–Trinajstić information content (AvgIpc) is 2.46. The Labute approximate surface area is 111 Å². The summed E-state index contributed by atoms with van der Waals surface area (Å²) in [5, 5.41) is 9.29. The third kappa shape index (κ3) is 2.68. The number of hydrogen-bond acceptors (Lipinski definition) is 4. The largest absolute Gasteiger partial charge is 0.508 e. The average molecular weight is 258 g/mol. The minimum Gasteiger partial charge on any atom is -0.508 e. The van der Waals surface area contributed by atoms with Gasteiger partial charge in [0.2, 0.25) is 0 Å². The molecule has 0 amide bonds. The zero-order chi connectivity index (χ0) is 13.8. The number of benzene rings is 2. The number of phenols is 1. The molecule has 0 saturated heterocycles. The lowest BCUT2D eigenvalue weighted by atomic mass is 10.0. The van der Waals surface area contributed by atoms with Crippen molar-refractivity contribution < 1.29 is 19.4 Å². The smallest absolute Gasteiger partial charge is 0.337 e. The van der Waals surface area contributed by atoms with Crippen LogP contribution in [-0.4, -0.2) is 25.3 Å². The summed E-state index contributed by atoms with van der Waals surface area (Å²) < 4.78 is 9.96. The van der Waals surface area contributed by atoms with Crippen LogP contribution in [0.2, 0.25) is 0 Å². The van der Waals surface area contributed by atoms with E-state index in [9.17, 15) is 9.90 Å². The number of ether oxygens (including phenoxy) is 2. The van der Waals surface area contributed by atoms with Crippen molar-refractivity contribution in [3.63, 3.8) is 0 Å². The molecule has 0 spiro atoms. The van der Waals surface area contributed by atoms with Crippen molar-refractivity contribution in [3.8, 4) is 22.6 Å². The predicted molar refractivity (Wildman–Crippen MR) is 71.4 cm³/mol. The first-order valence-corrected chi connectivity index (χ1v) is 5.71. The van der Waals surface area contributed by atoms with Gasteiger partial charge in [-0.1, -0.05) is 12.1 Å². The van der Waals surface area contributed by atoms with Gasteiger partial charge >= 0.3 is 5.97 Å². The van der Waals surface area contributed by atoms with Crippen LogP contribution in [0.15, 0.2) is 42.5 Å². The first kappa shape index (κ1) is 13.0. The molecule has 0 atom stereocenters. The van der Waals surface area contributed by atoms with E-state index in [4.69, 9.17) is 4.74 Å². The maximum atomic E-state index is 11.5. The topological polar surface area (TPSA) is 55.8 Å². The van der Waals surface area contributed by atoms with Crippen molar-refractivity contribution in [2.24, 2.45) is 0 Å². The maximum Gasteiger partial charge on any atom is 0.337 e. The molecule has 0 aliphatic heterocycles. The van der Waals surface area contributed by atoms with E-state index in [1.807, 2.05) is 0 Å². The van der Waals surface area contributed by atoms with Crippen molar-refractivity contribution in [2.75, 3.05) is 14.2 Å². The van der Waals surface area contributed by atoms with Crippen molar-refractivity contribution in [3.05, 3.63) is 48.0 Å². The predicted octanol–water partition coefficient (Wildman–Crippen LogP) is 2.85.